The molecule has 5 heteroatoms. The number of benzene rings is 2. The van der Waals surface area contributed by atoms with Crippen LogP contribution in [0.25, 0.3) is 0 Å². The van der Waals surface area contributed by atoms with Gasteiger partial charge in [-0.15, -0.1) is 0 Å². The van der Waals surface area contributed by atoms with Gasteiger partial charge in [-0.25, -0.2) is 0 Å². The molecule has 1 fully saturated rings. The Balaban J connectivity index is 1.80. The normalized spacial score (nSPS) is 17.7. The summed E-state index contributed by atoms with van der Waals surface area (Å²) in [5.74, 6) is -0.167. The van der Waals surface area contributed by atoms with Crippen molar-refractivity contribution >= 4 is 11.8 Å². The van der Waals surface area contributed by atoms with Crippen LogP contribution < -0.4 is 0 Å². The highest BCUT2D eigenvalue weighted by Gasteiger charge is 2.31. The molecule has 0 saturated carbocycles. The predicted octanol–water partition coefficient (Wildman–Crippen LogP) is 3.35. The number of carbonyl (C=O) groups excluding carboxylic acids is 2. The average Bonchev–Trinajstić information content (AvgIpc) is 2.82. The number of hydrogen-bond acceptors (Lipinski definition) is 3. The first-order valence-electron chi connectivity index (χ1n) is 9.42. The largest absolute Gasteiger partial charge is 0.507 e. The molecule has 1 aliphatic rings. The molecule has 2 aromatic rings. The third kappa shape index (κ3) is 4.30. The molecule has 0 spiro atoms. The second-order valence-corrected chi connectivity index (χ2v) is 7.09. The zero-order chi connectivity index (χ0) is 19.4. The van der Waals surface area contributed by atoms with Crippen LogP contribution >= 0.6 is 0 Å². The van der Waals surface area contributed by atoms with Crippen molar-refractivity contribution in [2.24, 2.45) is 0 Å². The third-order valence-corrected chi connectivity index (χ3v) is 5.13. The number of amides is 2. The number of aromatic hydroxyl groups is 1. The Morgan fingerprint density at radius 1 is 1.19 bits per heavy atom. The first-order chi connectivity index (χ1) is 13.0. The van der Waals surface area contributed by atoms with Gasteiger partial charge in [0.25, 0.3) is 5.91 Å². The summed E-state index contributed by atoms with van der Waals surface area (Å²) in [6.45, 7) is 5.30. The van der Waals surface area contributed by atoms with Crippen LogP contribution in [-0.4, -0.2) is 45.9 Å². The fraction of sp³-hybridized carbons (Fsp3) is 0.364. The van der Waals surface area contributed by atoms with Crippen molar-refractivity contribution in [3.8, 4) is 5.75 Å². The molecule has 0 bridgehead atoms. The standard InChI is InChI=1S/C22H26N2O3/c1-3-18-15-23(22(27)19-10-9-16(2)13-20(19)25)12-11-21(26)24(18)14-17-7-5-4-6-8-17/h4-10,13,18,25H,3,11-12,14-15H2,1-2H3/t18-/m1/s1. The average molecular weight is 366 g/mol. The summed E-state index contributed by atoms with van der Waals surface area (Å²) in [5.41, 5.74) is 2.27. The van der Waals surface area contributed by atoms with Gasteiger partial charge in [-0.1, -0.05) is 43.3 Å². The number of phenolic OH excluding ortho intramolecular Hbond substituents is 1. The Morgan fingerprint density at radius 3 is 2.59 bits per heavy atom. The summed E-state index contributed by atoms with van der Waals surface area (Å²) in [4.78, 5) is 29.3. The zero-order valence-electron chi connectivity index (χ0n) is 15.9. The van der Waals surface area contributed by atoms with E-state index < -0.39 is 0 Å². The molecule has 1 aliphatic heterocycles. The van der Waals surface area contributed by atoms with E-state index in [1.807, 2.05) is 55.1 Å². The number of phenols is 1. The van der Waals surface area contributed by atoms with Crippen LogP contribution in [0.1, 0.15) is 41.3 Å². The predicted molar refractivity (Wildman–Crippen MR) is 104 cm³/mol. The Labute approximate surface area is 160 Å². The van der Waals surface area contributed by atoms with Gasteiger partial charge < -0.3 is 14.9 Å². The van der Waals surface area contributed by atoms with Gasteiger partial charge in [-0.2, -0.15) is 0 Å². The molecule has 0 aliphatic carbocycles. The lowest BCUT2D eigenvalue weighted by molar-refractivity contribution is -0.133. The number of hydrogen-bond donors (Lipinski definition) is 1. The molecule has 1 saturated heterocycles. The van der Waals surface area contributed by atoms with E-state index in [0.717, 1.165) is 17.5 Å². The van der Waals surface area contributed by atoms with E-state index in [1.54, 1.807) is 17.0 Å². The van der Waals surface area contributed by atoms with Crippen LogP contribution in [0.15, 0.2) is 48.5 Å². The molecule has 0 radical (unpaired) electrons. The minimum absolute atomic E-state index is 0.00948. The van der Waals surface area contributed by atoms with E-state index in [0.29, 0.717) is 31.6 Å². The summed E-state index contributed by atoms with van der Waals surface area (Å²) in [7, 11) is 0. The second kappa shape index (κ2) is 8.25. The van der Waals surface area contributed by atoms with E-state index in [-0.39, 0.29) is 23.6 Å². The lowest BCUT2D eigenvalue weighted by Gasteiger charge is -2.31. The molecule has 2 amide bonds. The number of nitrogens with zero attached hydrogens (tertiary/aromatic N) is 2. The molecule has 0 unspecified atom stereocenters. The highest BCUT2D eigenvalue weighted by Crippen LogP contribution is 2.23. The molecule has 142 valence electrons. The Bertz CT molecular complexity index is 820. The molecule has 3 rings (SSSR count). The Hall–Kier alpha value is -2.82. The van der Waals surface area contributed by atoms with Crippen molar-refractivity contribution in [2.75, 3.05) is 13.1 Å². The molecule has 1 atom stereocenters. The van der Waals surface area contributed by atoms with Crippen molar-refractivity contribution in [1.29, 1.82) is 0 Å². The Kier molecular flexibility index (Phi) is 5.79. The molecular formula is C22H26N2O3. The molecule has 5 nitrogen and oxygen atoms in total. The van der Waals surface area contributed by atoms with Crippen LogP contribution in [0, 0.1) is 6.92 Å². The van der Waals surface area contributed by atoms with Gasteiger partial charge in [-0.05, 0) is 36.6 Å². The highest BCUT2D eigenvalue weighted by atomic mass is 16.3. The number of carbonyl (C=O) groups is 2. The van der Waals surface area contributed by atoms with Gasteiger partial charge >= 0.3 is 0 Å². The molecule has 0 aromatic heterocycles. The van der Waals surface area contributed by atoms with Crippen molar-refractivity contribution < 1.29 is 14.7 Å². The molecule has 1 heterocycles. The summed E-state index contributed by atoms with van der Waals surface area (Å²) in [5, 5.41) is 10.2. The fourth-order valence-electron chi connectivity index (χ4n) is 3.55. The van der Waals surface area contributed by atoms with E-state index >= 15 is 0 Å². The first kappa shape index (κ1) is 19.0. The van der Waals surface area contributed by atoms with Crippen LogP contribution in [0.5, 0.6) is 5.75 Å². The maximum Gasteiger partial charge on any atom is 0.257 e. The second-order valence-electron chi connectivity index (χ2n) is 7.09. The number of rotatable bonds is 4. The third-order valence-electron chi connectivity index (χ3n) is 5.13. The Morgan fingerprint density at radius 2 is 1.93 bits per heavy atom. The van der Waals surface area contributed by atoms with Gasteiger partial charge in [-0.3, -0.25) is 9.59 Å². The first-order valence-corrected chi connectivity index (χ1v) is 9.42. The molecular weight excluding hydrogens is 340 g/mol. The van der Waals surface area contributed by atoms with Crippen LogP contribution in [-0.2, 0) is 11.3 Å². The lowest BCUT2D eigenvalue weighted by Crippen LogP contribution is -2.43. The van der Waals surface area contributed by atoms with Crippen LogP contribution in [0.3, 0.4) is 0 Å². The minimum Gasteiger partial charge on any atom is -0.507 e. The van der Waals surface area contributed by atoms with Gasteiger partial charge in [0.2, 0.25) is 5.91 Å². The van der Waals surface area contributed by atoms with Crippen molar-refractivity contribution in [1.82, 2.24) is 9.80 Å². The van der Waals surface area contributed by atoms with E-state index in [1.165, 1.54) is 0 Å². The minimum atomic E-state index is -0.222. The zero-order valence-corrected chi connectivity index (χ0v) is 15.9. The van der Waals surface area contributed by atoms with Crippen molar-refractivity contribution in [3.63, 3.8) is 0 Å². The van der Waals surface area contributed by atoms with Gasteiger partial charge in [0.1, 0.15) is 5.75 Å². The smallest absolute Gasteiger partial charge is 0.257 e. The molecule has 2 aromatic carbocycles. The van der Waals surface area contributed by atoms with Crippen LogP contribution in [0.2, 0.25) is 0 Å². The van der Waals surface area contributed by atoms with E-state index in [4.69, 9.17) is 0 Å². The highest BCUT2D eigenvalue weighted by molar-refractivity contribution is 5.97. The summed E-state index contributed by atoms with van der Waals surface area (Å²) >= 11 is 0. The monoisotopic (exact) mass is 366 g/mol. The quantitative estimate of drug-likeness (QED) is 0.903. The lowest BCUT2D eigenvalue weighted by atomic mass is 10.1. The van der Waals surface area contributed by atoms with Crippen LogP contribution in [0.4, 0.5) is 0 Å². The summed E-state index contributed by atoms with van der Waals surface area (Å²) in [6.07, 6.45) is 1.06. The summed E-state index contributed by atoms with van der Waals surface area (Å²) < 4.78 is 0. The topological polar surface area (TPSA) is 60.9 Å². The maximum absolute atomic E-state index is 13.0. The van der Waals surface area contributed by atoms with Crippen molar-refractivity contribution in [3.05, 3.63) is 65.2 Å². The van der Waals surface area contributed by atoms with Crippen molar-refractivity contribution in [2.45, 2.75) is 39.3 Å². The van der Waals surface area contributed by atoms with E-state index in [9.17, 15) is 14.7 Å². The van der Waals surface area contributed by atoms with Gasteiger partial charge in [0, 0.05) is 32.1 Å². The number of aryl methyl sites for hydroxylation is 1. The van der Waals surface area contributed by atoms with Gasteiger partial charge in [0.15, 0.2) is 0 Å². The molecule has 27 heavy (non-hydrogen) atoms. The fourth-order valence-corrected chi connectivity index (χ4v) is 3.55. The SMILES string of the molecule is CC[C@@H]1CN(C(=O)c2ccc(C)cc2O)CCC(=O)N1Cc1ccccc1. The van der Waals surface area contributed by atoms with E-state index in [2.05, 4.69) is 0 Å². The summed E-state index contributed by atoms with van der Waals surface area (Å²) in [6, 6.07) is 14.9. The molecule has 1 N–H and O–H groups in total. The van der Waals surface area contributed by atoms with Gasteiger partial charge in [0.05, 0.1) is 5.56 Å². The maximum atomic E-state index is 13.0.